The number of amides is 1. The van der Waals surface area contributed by atoms with Crippen LogP contribution in [0.15, 0.2) is 47.4 Å². The topological polar surface area (TPSA) is 54.5 Å². The fourth-order valence-electron chi connectivity index (χ4n) is 2.23. The van der Waals surface area contributed by atoms with Crippen LogP contribution in [0, 0.1) is 5.82 Å². The highest BCUT2D eigenvalue weighted by molar-refractivity contribution is 7.90. The molecule has 2 rings (SSSR count). The first-order valence-electron chi connectivity index (χ1n) is 7.13. The molecule has 0 bridgehead atoms. The third-order valence-electron chi connectivity index (χ3n) is 3.85. The summed E-state index contributed by atoms with van der Waals surface area (Å²) in [5, 5.41) is 0.172. The first kappa shape index (κ1) is 18.4. The van der Waals surface area contributed by atoms with Crippen LogP contribution in [0.3, 0.4) is 0 Å². The van der Waals surface area contributed by atoms with Crippen LogP contribution in [-0.2, 0) is 9.84 Å². The lowest BCUT2D eigenvalue weighted by Crippen LogP contribution is -2.30. The van der Waals surface area contributed by atoms with Crippen molar-refractivity contribution in [2.75, 3.05) is 13.3 Å². The highest BCUT2D eigenvalue weighted by Gasteiger charge is 2.22. The van der Waals surface area contributed by atoms with Crippen molar-refractivity contribution in [1.82, 2.24) is 4.90 Å². The molecule has 0 heterocycles. The second-order valence-electron chi connectivity index (χ2n) is 5.56. The van der Waals surface area contributed by atoms with Gasteiger partial charge in [0, 0.05) is 13.3 Å². The molecule has 2 aromatic rings. The molecule has 4 nitrogen and oxygen atoms in total. The Morgan fingerprint density at radius 2 is 1.75 bits per heavy atom. The van der Waals surface area contributed by atoms with Gasteiger partial charge in [-0.2, -0.15) is 0 Å². The second kappa shape index (κ2) is 6.91. The molecule has 0 aliphatic carbocycles. The summed E-state index contributed by atoms with van der Waals surface area (Å²) in [5.41, 5.74) is 0.860. The predicted molar refractivity (Wildman–Crippen MR) is 91.5 cm³/mol. The maximum absolute atomic E-state index is 13.0. The van der Waals surface area contributed by atoms with Gasteiger partial charge in [0.2, 0.25) is 0 Å². The SMILES string of the molecule is CC(c1ccc(F)cc1)N(C)C(=O)c1cc(S(C)(=O)=O)ccc1Cl. The van der Waals surface area contributed by atoms with Crippen molar-refractivity contribution in [1.29, 1.82) is 0 Å². The number of rotatable bonds is 4. The van der Waals surface area contributed by atoms with Crippen molar-refractivity contribution in [3.8, 4) is 0 Å². The number of sulfone groups is 1. The molecule has 0 fully saturated rings. The molecule has 128 valence electrons. The number of hydrogen-bond donors (Lipinski definition) is 0. The van der Waals surface area contributed by atoms with Gasteiger partial charge < -0.3 is 4.90 Å². The van der Waals surface area contributed by atoms with Crippen molar-refractivity contribution in [2.24, 2.45) is 0 Å². The molecule has 0 aromatic heterocycles. The van der Waals surface area contributed by atoms with Crippen LogP contribution < -0.4 is 0 Å². The minimum absolute atomic E-state index is 0.0260. The third-order valence-corrected chi connectivity index (χ3v) is 5.29. The summed E-state index contributed by atoms with van der Waals surface area (Å²) in [5.74, 6) is -0.772. The summed E-state index contributed by atoms with van der Waals surface area (Å²) < 4.78 is 36.4. The van der Waals surface area contributed by atoms with Gasteiger partial charge in [-0.1, -0.05) is 23.7 Å². The van der Waals surface area contributed by atoms with Crippen LogP contribution in [0.4, 0.5) is 4.39 Å². The van der Waals surface area contributed by atoms with E-state index in [0.717, 1.165) is 11.8 Å². The zero-order valence-corrected chi connectivity index (χ0v) is 15.0. The average molecular weight is 370 g/mol. The molecule has 7 heteroatoms. The molecule has 1 unspecified atom stereocenters. The monoisotopic (exact) mass is 369 g/mol. The van der Waals surface area contributed by atoms with E-state index in [-0.39, 0.29) is 27.3 Å². The lowest BCUT2D eigenvalue weighted by Gasteiger charge is -2.26. The number of benzene rings is 2. The Bertz CT molecular complexity index is 866. The summed E-state index contributed by atoms with van der Waals surface area (Å²) in [6.45, 7) is 1.79. The Morgan fingerprint density at radius 1 is 1.17 bits per heavy atom. The van der Waals surface area contributed by atoms with E-state index in [1.807, 2.05) is 0 Å². The molecule has 0 radical (unpaired) electrons. The van der Waals surface area contributed by atoms with Gasteiger partial charge in [0.05, 0.1) is 21.5 Å². The first-order valence-corrected chi connectivity index (χ1v) is 9.40. The zero-order valence-electron chi connectivity index (χ0n) is 13.5. The standard InChI is InChI=1S/C17H17ClFNO3S/c1-11(12-4-6-13(19)7-5-12)20(2)17(21)15-10-14(24(3,22)23)8-9-16(15)18/h4-11H,1-3H3. The maximum atomic E-state index is 13.0. The third kappa shape index (κ3) is 3.94. The predicted octanol–water partition coefficient (Wildman–Crippen LogP) is 3.72. The van der Waals surface area contributed by atoms with E-state index in [1.165, 1.54) is 35.2 Å². The van der Waals surface area contributed by atoms with E-state index in [4.69, 9.17) is 11.6 Å². The van der Waals surface area contributed by atoms with E-state index >= 15 is 0 Å². The van der Waals surface area contributed by atoms with E-state index in [2.05, 4.69) is 0 Å². The van der Waals surface area contributed by atoms with Crippen LogP contribution in [0.2, 0.25) is 5.02 Å². The van der Waals surface area contributed by atoms with E-state index in [1.54, 1.807) is 26.1 Å². The fraction of sp³-hybridized carbons (Fsp3) is 0.235. The van der Waals surface area contributed by atoms with Crippen molar-refractivity contribution >= 4 is 27.3 Å². The molecule has 0 saturated carbocycles. The number of hydrogen-bond acceptors (Lipinski definition) is 3. The molecule has 2 aromatic carbocycles. The molecule has 0 spiro atoms. The van der Waals surface area contributed by atoms with E-state index in [0.29, 0.717) is 0 Å². The Balaban J connectivity index is 2.35. The molecule has 0 aliphatic rings. The maximum Gasteiger partial charge on any atom is 0.255 e. The molecule has 0 N–H and O–H groups in total. The summed E-state index contributed by atoms with van der Waals surface area (Å²) >= 11 is 6.06. The van der Waals surface area contributed by atoms with Crippen LogP contribution in [0.1, 0.15) is 28.9 Å². The summed E-state index contributed by atoms with van der Waals surface area (Å²) in [7, 11) is -1.87. The Hall–Kier alpha value is -1.92. The molecule has 24 heavy (non-hydrogen) atoms. The molecule has 0 saturated heterocycles. The van der Waals surface area contributed by atoms with E-state index in [9.17, 15) is 17.6 Å². The van der Waals surface area contributed by atoms with Gasteiger partial charge in [0.15, 0.2) is 9.84 Å². The van der Waals surface area contributed by atoms with Gasteiger partial charge in [-0.25, -0.2) is 12.8 Å². The van der Waals surface area contributed by atoms with Crippen LogP contribution in [-0.4, -0.2) is 32.5 Å². The van der Waals surface area contributed by atoms with Gasteiger partial charge in [-0.3, -0.25) is 4.79 Å². The lowest BCUT2D eigenvalue weighted by atomic mass is 10.1. The minimum atomic E-state index is -3.45. The number of carbonyl (C=O) groups excluding carboxylic acids is 1. The quantitative estimate of drug-likeness (QED) is 0.825. The fourth-order valence-corrected chi connectivity index (χ4v) is 3.08. The summed E-state index contributed by atoms with van der Waals surface area (Å²) in [6, 6.07) is 9.52. The van der Waals surface area contributed by atoms with Crippen molar-refractivity contribution < 1.29 is 17.6 Å². The molecular weight excluding hydrogens is 353 g/mol. The zero-order chi connectivity index (χ0) is 18.1. The minimum Gasteiger partial charge on any atom is -0.335 e. The largest absolute Gasteiger partial charge is 0.335 e. The lowest BCUT2D eigenvalue weighted by molar-refractivity contribution is 0.0742. The van der Waals surface area contributed by atoms with Crippen LogP contribution >= 0.6 is 11.6 Å². The Kier molecular flexibility index (Phi) is 5.30. The molecule has 1 amide bonds. The second-order valence-corrected chi connectivity index (χ2v) is 7.98. The van der Waals surface area contributed by atoms with Crippen molar-refractivity contribution in [2.45, 2.75) is 17.9 Å². The normalized spacial score (nSPS) is 12.7. The highest BCUT2D eigenvalue weighted by Crippen LogP contribution is 2.26. The number of carbonyl (C=O) groups is 1. The highest BCUT2D eigenvalue weighted by atomic mass is 35.5. The summed E-state index contributed by atoms with van der Waals surface area (Å²) in [6.07, 6.45) is 1.06. The van der Waals surface area contributed by atoms with Crippen LogP contribution in [0.5, 0.6) is 0 Å². The van der Waals surface area contributed by atoms with Crippen molar-refractivity contribution in [3.63, 3.8) is 0 Å². The van der Waals surface area contributed by atoms with Gasteiger partial charge >= 0.3 is 0 Å². The molecule has 1 atom stereocenters. The Labute approximate surface area is 145 Å². The first-order chi connectivity index (χ1) is 11.1. The smallest absolute Gasteiger partial charge is 0.255 e. The number of halogens is 2. The molecule has 0 aliphatic heterocycles. The van der Waals surface area contributed by atoms with Gasteiger partial charge in [0.25, 0.3) is 5.91 Å². The van der Waals surface area contributed by atoms with E-state index < -0.39 is 15.7 Å². The molecular formula is C17H17ClFNO3S. The number of nitrogens with zero attached hydrogens (tertiary/aromatic N) is 1. The van der Waals surface area contributed by atoms with Crippen molar-refractivity contribution in [3.05, 3.63) is 64.4 Å². The van der Waals surface area contributed by atoms with Gasteiger partial charge in [-0.15, -0.1) is 0 Å². The van der Waals surface area contributed by atoms with Gasteiger partial charge in [-0.05, 0) is 42.8 Å². The van der Waals surface area contributed by atoms with Crippen LogP contribution in [0.25, 0.3) is 0 Å². The average Bonchev–Trinajstić information content (AvgIpc) is 2.53. The van der Waals surface area contributed by atoms with Gasteiger partial charge in [0.1, 0.15) is 5.82 Å². The summed E-state index contributed by atoms with van der Waals surface area (Å²) in [4.78, 5) is 14.2. The Morgan fingerprint density at radius 3 is 2.29 bits per heavy atom.